The molecule has 1 amide bonds. The summed E-state index contributed by atoms with van der Waals surface area (Å²) in [4.78, 5) is 26.3. The Morgan fingerprint density at radius 2 is 2.03 bits per heavy atom. The number of hydrogen-bond acceptors (Lipinski definition) is 5. The zero-order valence-corrected chi connectivity index (χ0v) is 15.9. The van der Waals surface area contributed by atoms with Gasteiger partial charge in [0.2, 0.25) is 5.91 Å². The van der Waals surface area contributed by atoms with Crippen LogP contribution in [-0.2, 0) is 11.0 Å². The first-order chi connectivity index (χ1) is 14.4. The minimum atomic E-state index is -4.44. The fraction of sp³-hybridized carbons (Fsp3) is 0.238. The third-order valence-electron chi connectivity index (χ3n) is 5.02. The van der Waals surface area contributed by atoms with Crippen molar-refractivity contribution in [2.75, 3.05) is 18.4 Å². The third-order valence-corrected chi connectivity index (χ3v) is 5.02. The minimum absolute atomic E-state index is 0.0276. The molecule has 0 spiro atoms. The zero-order chi connectivity index (χ0) is 21.3. The van der Waals surface area contributed by atoms with E-state index in [9.17, 15) is 18.0 Å². The van der Waals surface area contributed by atoms with Crippen LogP contribution < -0.4 is 5.32 Å². The van der Waals surface area contributed by atoms with Crippen molar-refractivity contribution in [3.05, 3.63) is 61.1 Å². The highest BCUT2D eigenvalue weighted by molar-refractivity contribution is 5.98. The zero-order valence-electron chi connectivity index (χ0n) is 15.9. The Hall–Kier alpha value is -3.49. The molecular formula is C21H18F3N5O. The van der Waals surface area contributed by atoms with Crippen molar-refractivity contribution >= 4 is 22.6 Å². The van der Waals surface area contributed by atoms with Crippen LogP contribution in [0.2, 0.25) is 0 Å². The number of alkyl halides is 3. The smallest absolute Gasteiger partial charge is 0.365 e. The van der Waals surface area contributed by atoms with Crippen molar-refractivity contribution in [1.29, 1.82) is 0 Å². The summed E-state index contributed by atoms with van der Waals surface area (Å²) in [6, 6.07) is 5.94. The lowest BCUT2D eigenvalue weighted by Gasteiger charge is -2.17. The molecule has 1 atom stereocenters. The number of pyridine rings is 3. The predicted octanol–water partition coefficient (Wildman–Crippen LogP) is 3.91. The second-order valence-corrected chi connectivity index (χ2v) is 6.97. The fourth-order valence-corrected chi connectivity index (χ4v) is 3.49. The van der Waals surface area contributed by atoms with Crippen molar-refractivity contribution in [3.8, 4) is 11.3 Å². The van der Waals surface area contributed by atoms with Crippen LogP contribution in [-0.4, -0.2) is 44.9 Å². The normalized spacial score (nSPS) is 16.6. The molecule has 30 heavy (non-hydrogen) atoms. The maximum Gasteiger partial charge on any atom is 0.417 e. The lowest BCUT2D eigenvalue weighted by Crippen LogP contribution is -2.30. The van der Waals surface area contributed by atoms with E-state index in [0.717, 1.165) is 24.1 Å². The molecule has 1 fully saturated rings. The Morgan fingerprint density at radius 1 is 1.20 bits per heavy atom. The Kier molecular flexibility index (Phi) is 5.11. The molecule has 0 bridgehead atoms. The van der Waals surface area contributed by atoms with Gasteiger partial charge < -0.3 is 10.2 Å². The Bertz CT molecular complexity index is 1100. The average Bonchev–Trinajstić information content (AvgIpc) is 3.21. The minimum Gasteiger partial charge on any atom is -0.365 e. The molecule has 0 aliphatic carbocycles. The average molecular weight is 413 g/mol. The first-order valence-electron chi connectivity index (χ1n) is 9.32. The molecular weight excluding hydrogens is 395 g/mol. The van der Waals surface area contributed by atoms with Crippen molar-refractivity contribution in [3.63, 3.8) is 0 Å². The third kappa shape index (κ3) is 3.83. The lowest BCUT2D eigenvalue weighted by atomic mass is 10.1. The first kappa shape index (κ1) is 19.8. The number of nitrogens with zero attached hydrogens (tertiary/aromatic N) is 4. The molecule has 1 aliphatic rings. The number of carbonyl (C=O) groups is 1. The quantitative estimate of drug-likeness (QED) is 0.657. The number of carbonyl (C=O) groups excluding carboxylic acids is 1. The summed E-state index contributed by atoms with van der Waals surface area (Å²) in [5.74, 6) is 0.495. The van der Waals surface area contributed by atoms with Crippen LogP contribution in [0.25, 0.3) is 22.2 Å². The molecule has 0 radical (unpaired) electrons. The van der Waals surface area contributed by atoms with Crippen molar-refractivity contribution in [2.45, 2.75) is 18.6 Å². The van der Waals surface area contributed by atoms with Gasteiger partial charge in [0.1, 0.15) is 5.82 Å². The molecule has 6 nitrogen and oxygen atoms in total. The van der Waals surface area contributed by atoms with Gasteiger partial charge in [-0.2, -0.15) is 13.2 Å². The molecule has 154 valence electrons. The molecule has 4 rings (SSSR count). The lowest BCUT2D eigenvalue weighted by molar-refractivity contribution is -0.137. The van der Waals surface area contributed by atoms with E-state index in [1.807, 2.05) is 6.07 Å². The van der Waals surface area contributed by atoms with Crippen LogP contribution in [0.4, 0.5) is 19.0 Å². The van der Waals surface area contributed by atoms with Gasteiger partial charge in [0.25, 0.3) is 0 Å². The highest BCUT2D eigenvalue weighted by Crippen LogP contribution is 2.33. The molecule has 1 aliphatic heterocycles. The summed E-state index contributed by atoms with van der Waals surface area (Å²) >= 11 is 0. The predicted molar refractivity (Wildman–Crippen MR) is 107 cm³/mol. The molecule has 3 aromatic rings. The van der Waals surface area contributed by atoms with Crippen LogP contribution >= 0.6 is 0 Å². The molecule has 3 aromatic heterocycles. The number of halogens is 3. The molecule has 9 heteroatoms. The van der Waals surface area contributed by atoms with Crippen LogP contribution in [0.3, 0.4) is 0 Å². The van der Waals surface area contributed by atoms with Crippen LogP contribution in [0.15, 0.2) is 55.5 Å². The highest BCUT2D eigenvalue weighted by Gasteiger charge is 2.31. The van der Waals surface area contributed by atoms with Crippen molar-refractivity contribution in [1.82, 2.24) is 19.9 Å². The number of hydrogen-bond donors (Lipinski definition) is 1. The first-order valence-corrected chi connectivity index (χ1v) is 9.32. The summed E-state index contributed by atoms with van der Waals surface area (Å²) in [6.07, 6.45) is 1.59. The van der Waals surface area contributed by atoms with E-state index in [4.69, 9.17) is 0 Å². The summed E-state index contributed by atoms with van der Waals surface area (Å²) in [6.45, 7) is 4.68. The molecule has 0 unspecified atom stereocenters. The van der Waals surface area contributed by atoms with Gasteiger partial charge >= 0.3 is 6.18 Å². The van der Waals surface area contributed by atoms with E-state index >= 15 is 0 Å². The number of anilines is 1. The summed E-state index contributed by atoms with van der Waals surface area (Å²) in [5, 5.41) is 4.08. The number of likely N-dealkylation sites (tertiary alicyclic amines) is 1. The highest BCUT2D eigenvalue weighted by atomic mass is 19.4. The van der Waals surface area contributed by atoms with E-state index in [-0.39, 0.29) is 11.9 Å². The van der Waals surface area contributed by atoms with Gasteiger partial charge in [0.15, 0.2) is 0 Å². The Morgan fingerprint density at radius 3 is 2.73 bits per heavy atom. The van der Waals surface area contributed by atoms with Crippen LogP contribution in [0.5, 0.6) is 0 Å². The van der Waals surface area contributed by atoms with Gasteiger partial charge in [0, 0.05) is 48.7 Å². The number of nitrogens with one attached hydrogen (secondary N) is 1. The summed E-state index contributed by atoms with van der Waals surface area (Å²) < 4.78 is 38.5. The van der Waals surface area contributed by atoms with Gasteiger partial charge in [-0.25, -0.2) is 4.98 Å². The number of aromatic nitrogens is 3. The van der Waals surface area contributed by atoms with E-state index in [1.165, 1.54) is 12.1 Å². The standard InChI is InChI=1S/C21H18F3N5O/c1-2-18(30)29-9-7-14(12-29)28-20-15-4-3-8-25-19(15)16(11-27-20)17-6-5-13(10-26-17)21(22,23)24/h2-6,8,10-11,14H,1,7,9,12H2,(H,27,28)/t14-/m0/s1. The van der Waals surface area contributed by atoms with Crippen LogP contribution in [0, 0.1) is 0 Å². The maximum absolute atomic E-state index is 12.8. The van der Waals surface area contributed by atoms with Gasteiger partial charge in [-0.3, -0.25) is 14.8 Å². The Balaban J connectivity index is 1.64. The fourth-order valence-electron chi connectivity index (χ4n) is 3.49. The van der Waals surface area contributed by atoms with Crippen LogP contribution in [0.1, 0.15) is 12.0 Å². The molecule has 0 saturated carbocycles. The van der Waals surface area contributed by atoms with E-state index in [0.29, 0.717) is 35.7 Å². The summed E-state index contributed by atoms with van der Waals surface area (Å²) in [5.41, 5.74) is 0.669. The van der Waals surface area contributed by atoms with Gasteiger partial charge in [-0.1, -0.05) is 6.58 Å². The van der Waals surface area contributed by atoms with E-state index in [2.05, 4.69) is 26.8 Å². The largest absolute Gasteiger partial charge is 0.417 e. The number of rotatable bonds is 4. The second kappa shape index (κ2) is 7.74. The maximum atomic E-state index is 12.8. The number of fused-ring (bicyclic) bond motifs is 1. The van der Waals surface area contributed by atoms with Crippen molar-refractivity contribution in [2.24, 2.45) is 0 Å². The van der Waals surface area contributed by atoms with Gasteiger partial charge in [-0.05, 0) is 36.8 Å². The number of amides is 1. The topological polar surface area (TPSA) is 71.0 Å². The van der Waals surface area contributed by atoms with Crippen molar-refractivity contribution < 1.29 is 18.0 Å². The molecule has 1 N–H and O–H groups in total. The Labute approximate surface area is 170 Å². The van der Waals surface area contributed by atoms with E-state index < -0.39 is 11.7 Å². The molecule has 1 saturated heterocycles. The second-order valence-electron chi connectivity index (χ2n) is 6.97. The molecule has 0 aromatic carbocycles. The van der Waals surface area contributed by atoms with Gasteiger partial charge in [-0.15, -0.1) is 0 Å². The summed E-state index contributed by atoms with van der Waals surface area (Å²) in [7, 11) is 0. The monoisotopic (exact) mass is 413 g/mol. The van der Waals surface area contributed by atoms with Gasteiger partial charge in [0.05, 0.1) is 16.8 Å². The van der Waals surface area contributed by atoms with E-state index in [1.54, 1.807) is 23.4 Å². The molecule has 4 heterocycles. The SMILES string of the molecule is C=CC(=O)N1CC[C@H](Nc2ncc(-c3ccc(C(F)(F)F)cn3)c3ncccc23)C1.